The van der Waals surface area contributed by atoms with Crippen molar-refractivity contribution in [1.29, 1.82) is 0 Å². The number of benzene rings is 3. The summed E-state index contributed by atoms with van der Waals surface area (Å²) in [5.74, 6) is 0.316. The summed E-state index contributed by atoms with van der Waals surface area (Å²) < 4.78 is 13.9. The van der Waals surface area contributed by atoms with Gasteiger partial charge in [-0.2, -0.15) is 0 Å². The lowest BCUT2D eigenvalue weighted by molar-refractivity contribution is -0.135. The second-order valence-electron chi connectivity index (χ2n) is 9.15. The Morgan fingerprint density at radius 3 is 2.64 bits per heavy atom. The topological polar surface area (TPSA) is 70.4 Å². The van der Waals surface area contributed by atoms with Gasteiger partial charge >= 0.3 is 5.97 Å². The maximum absolute atomic E-state index is 13.4. The second-order valence-corrected chi connectivity index (χ2v) is 9.15. The summed E-state index contributed by atoms with van der Waals surface area (Å²) in [5, 5.41) is 2.00. The quantitative estimate of drug-likeness (QED) is 0.185. The predicted molar refractivity (Wildman–Crippen MR) is 136 cm³/mol. The molecule has 0 bridgehead atoms. The molecule has 0 fully saturated rings. The van der Waals surface area contributed by atoms with Crippen molar-refractivity contribution in [2.75, 3.05) is 0 Å². The minimum absolute atomic E-state index is 0.150. The Labute approximate surface area is 206 Å². The number of ketones is 1. The summed E-state index contributed by atoms with van der Waals surface area (Å²) in [6.07, 6.45) is 5.68. The van der Waals surface area contributed by atoms with E-state index in [-0.39, 0.29) is 29.9 Å². The molecule has 0 spiro atoms. The van der Waals surface area contributed by atoms with E-state index in [4.69, 9.17) is 9.47 Å². The zero-order chi connectivity index (χ0) is 24.4. The van der Waals surface area contributed by atoms with Gasteiger partial charge < -0.3 is 14.0 Å². The molecule has 0 radical (unpaired) electrons. The first kappa shape index (κ1) is 20.6. The number of carbonyl (C=O) groups is 2. The van der Waals surface area contributed by atoms with Crippen molar-refractivity contribution in [3.63, 3.8) is 0 Å². The van der Waals surface area contributed by atoms with Crippen LogP contribution in [0.25, 0.3) is 27.9 Å². The number of pyridine rings is 1. The highest BCUT2D eigenvalue weighted by atomic mass is 16.5. The molecule has 174 valence electrons. The summed E-state index contributed by atoms with van der Waals surface area (Å²) in [6.45, 7) is 0. The first-order valence-corrected chi connectivity index (χ1v) is 11.8. The highest BCUT2D eigenvalue weighted by molar-refractivity contribution is 6.16. The average Bonchev–Trinajstić information content (AvgIpc) is 3.39. The summed E-state index contributed by atoms with van der Waals surface area (Å²) >= 11 is 0. The number of hydrogen-bond acceptors (Lipinski definition) is 5. The predicted octanol–water partition coefficient (Wildman–Crippen LogP) is 5.78. The van der Waals surface area contributed by atoms with Crippen molar-refractivity contribution < 1.29 is 19.1 Å². The van der Waals surface area contributed by atoms with Crippen molar-refractivity contribution in [3.05, 3.63) is 107 Å². The Morgan fingerprint density at radius 1 is 0.944 bits per heavy atom. The molecule has 0 aliphatic carbocycles. The maximum atomic E-state index is 13.4. The van der Waals surface area contributed by atoms with E-state index < -0.39 is 0 Å². The maximum Gasteiger partial charge on any atom is 0.312 e. The van der Waals surface area contributed by atoms with E-state index in [0.717, 1.165) is 38.5 Å². The molecular formula is C30H20N2O4. The van der Waals surface area contributed by atoms with E-state index in [1.54, 1.807) is 24.4 Å². The molecule has 3 aromatic carbocycles. The van der Waals surface area contributed by atoms with E-state index in [1.165, 1.54) is 0 Å². The monoisotopic (exact) mass is 472 g/mol. The van der Waals surface area contributed by atoms with Gasteiger partial charge in [0.1, 0.15) is 11.5 Å². The fraction of sp³-hybridized carbons (Fsp3) is 0.100. The third-order valence-corrected chi connectivity index (χ3v) is 7.05. The van der Waals surface area contributed by atoms with E-state index in [1.807, 2.05) is 72.4 Å². The van der Waals surface area contributed by atoms with Crippen LogP contribution in [0.15, 0.2) is 84.9 Å². The number of allylic oxidation sites excluding steroid dienone is 1. The van der Waals surface area contributed by atoms with E-state index >= 15 is 0 Å². The van der Waals surface area contributed by atoms with Gasteiger partial charge in [0.05, 0.1) is 17.5 Å². The lowest BCUT2D eigenvalue weighted by Crippen LogP contribution is -2.21. The van der Waals surface area contributed by atoms with Gasteiger partial charge in [0.2, 0.25) is 5.78 Å². The van der Waals surface area contributed by atoms with Crippen molar-refractivity contribution in [2.24, 2.45) is 7.05 Å². The van der Waals surface area contributed by atoms with Crippen LogP contribution in [0.1, 0.15) is 39.4 Å². The molecule has 6 nitrogen and oxygen atoms in total. The number of aromatic nitrogens is 2. The number of nitrogens with zero attached hydrogens (tertiary/aromatic N) is 2. The number of carbonyl (C=O) groups excluding carboxylic acids is 2. The Balaban J connectivity index is 1.39. The van der Waals surface area contributed by atoms with E-state index in [2.05, 4.69) is 4.98 Å². The number of ether oxygens (including phenoxy) is 2. The zero-order valence-corrected chi connectivity index (χ0v) is 19.4. The minimum Gasteiger partial charge on any atom is -0.452 e. The molecule has 2 aliphatic rings. The molecule has 0 amide bonds. The first-order valence-electron chi connectivity index (χ1n) is 11.8. The number of rotatable bonds is 2. The van der Waals surface area contributed by atoms with Crippen LogP contribution >= 0.6 is 0 Å². The van der Waals surface area contributed by atoms with Gasteiger partial charge in [-0.25, -0.2) is 0 Å². The highest BCUT2D eigenvalue weighted by Gasteiger charge is 2.39. The highest BCUT2D eigenvalue weighted by Crippen LogP contribution is 2.50. The molecule has 5 aromatic rings. The van der Waals surface area contributed by atoms with Gasteiger partial charge in [-0.3, -0.25) is 14.6 Å². The van der Waals surface area contributed by atoms with Crippen LogP contribution in [0.3, 0.4) is 0 Å². The molecule has 0 N–H and O–H groups in total. The number of hydrogen-bond donors (Lipinski definition) is 0. The molecule has 0 saturated heterocycles. The number of Topliss-reactive ketones (excluding diaryl/α,β-unsaturated/α-hetero) is 1. The molecule has 0 saturated carbocycles. The summed E-state index contributed by atoms with van der Waals surface area (Å²) in [7, 11) is 1.98. The van der Waals surface area contributed by atoms with Crippen LogP contribution < -0.4 is 9.47 Å². The van der Waals surface area contributed by atoms with Gasteiger partial charge in [0, 0.05) is 52.8 Å². The number of fused-ring (bicyclic) bond motifs is 5. The van der Waals surface area contributed by atoms with Gasteiger partial charge in [0.25, 0.3) is 0 Å². The molecule has 1 atom stereocenters. The fourth-order valence-corrected chi connectivity index (χ4v) is 5.42. The van der Waals surface area contributed by atoms with Gasteiger partial charge in [-0.15, -0.1) is 0 Å². The zero-order valence-electron chi connectivity index (χ0n) is 19.4. The molecule has 6 heteroatoms. The third kappa shape index (κ3) is 3.01. The van der Waals surface area contributed by atoms with Gasteiger partial charge in [0.15, 0.2) is 5.76 Å². The summed E-state index contributed by atoms with van der Waals surface area (Å²) in [5.41, 5.74) is 4.97. The Morgan fingerprint density at radius 2 is 1.75 bits per heavy atom. The normalized spacial score (nSPS) is 17.8. The standard InChI is InChI=1S/C30H20N2O4/c1-32-16-17(18-6-3-5-9-24(18)32)14-26-29(34)21-10-11-25-28(30(21)36-26)22(15-27(33)35-25)19-12-13-31-23-8-4-2-7-20(19)23/h2-14,16,22H,15H2,1H3. The molecule has 4 heterocycles. The van der Waals surface area contributed by atoms with Crippen molar-refractivity contribution in [1.82, 2.24) is 9.55 Å². The Kier molecular flexibility index (Phi) is 4.39. The molecular weight excluding hydrogens is 452 g/mol. The van der Waals surface area contributed by atoms with Crippen LogP contribution in [0.2, 0.25) is 0 Å². The number of para-hydroxylation sites is 2. The lowest BCUT2D eigenvalue weighted by atomic mass is 9.83. The second kappa shape index (κ2) is 7.65. The van der Waals surface area contributed by atoms with E-state index in [0.29, 0.717) is 17.1 Å². The summed E-state index contributed by atoms with van der Waals surface area (Å²) in [6, 6.07) is 21.2. The Hall–Kier alpha value is -4.71. The van der Waals surface area contributed by atoms with Crippen molar-refractivity contribution >= 4 is 39.6 Å². The van der Waals surface area contributed by atoms with Crippen molar-refractivity contribution in [2.45, 2.75) is 12.3 Å². The van der Waals surface area contributed by atoms with Crippen LogP contribution in [0.5, 0.6) is 11.5 Å². The van der Waals surface area contributed by atoms with Crippen LogP contribution in [0, 0.1) is 0 Å². The minimum atomic E-state index is -0.325. The van der Waals surface area contributed by atoms with E-state index in [9.17, 15) is 9.59 Å². The molecule has 1 unspecified atom stereocenters. The summed E-state index contributed by atoms with van der Waals surface area (Å²) in [4.78, 5) is 30.5. The van der Waals surface area contributed by atoms with Crippen LogP contribution in [-0.2, 0) is 11.8 Å². The molecule has 36 heavy (non-hydrogen) atoms. The molecule has 2 aromatic heterocycles. The lowest BCUT2D eigenvalue weighted by Gasteiger charge is -2.27. The SMILES string of the molecule is Cn1cc(C=C2Oc3c(ccc4c3C(c3ccnc5ccccc35)CC(=O)O4)C2=O)c2ccccc21. The first-order chi connectivity index (χ1) is 17.6. The average molecular weight is 473 g/mol. The van der Waals surface area contributed by atoms with Crippen LogP contribution in [0.4, 0.5) is 0 Å². The van der Waals surface area contributed by atoms with Crippen molar-refractivity contribution in [3.8, 4) is 11.5 Å². The largest absolute Gasteiger partial charge is 0.452 e. The molecule has 7 rings (SSSR count). The number of aryl methyl sites for hydroxylation is 1. The molecule has 2 aliphatic heterocycles. The Bertz CT molecular complexity index is 1770. The number of esters is 1. The third-order valence-electron chi connectivity index (χ3n) is 7.05. The van der Waals surface area contributed by atoms with Crippen LogP contribution in [-0.4, -0.2) is 21.3 Å². The van der Waals surface area contributed by atoms with Gasteiger partial charge in [-0.05, 0) is 42.0 Å². The smallest absolute Gasteiger partial charge is 0.312 e. The fourth-order valence-electron chi connectivity index (χ4n) is 5.42. The van der Waals surface area contributed by atoms with Gasteiger partial charge in [-0.1, -0.05) is 36.4 Å².